The molecule has 0 atom stereocenters. The maximum absolute atomic E-state index is 12.5. The molecule has 4 N–H and O–H groups in total. The summed E-state index contributed by atoms with van der Waals surface area (Å²) >= 11 is 0. The summed E-state index contributed by atoms with van der Waals surface area (Å²) in [7, 11) is -4.32. The van der Waals surface area contributed by atoms with Gasteiger partial charge in [0.2, 0.25) is 15.9 Å². The van der Waals surface area contributed by atoms with Crippen molar-refractivity contribution in [2.45, 2.75) is 38.8 Å². The fourth-order valence-electron chi connectivity index (χ4n) is 2.36. The fraction of sp³-hybridized carbons (Fsp3) is 0.385. The first-order chi connectivity index (χ1) is 10.7. The van der Waals surface area contributed by atoms with Gasteiger partial charge in [-0.3, -0.25) is 9.59 Å². The summed E-state index contributed by atoms with van der Waals surface area (Å²) in [6.07, 6.45) is -5.17. The normalized spacial score (nSPS) is 12.0. The number of anilines is 2. The summed E-state index contributed by atoms with van der Waals surface area (Å²) in [4.78, 5) is 22.0. The van der Waals surface area contributed by atoms with Crippen LogP contribution in [-0.2, 0) is 19.6 Å². The number of hydrogen-bond acceptors (Lipinski definition) is 4. The molecular formula is C13H16F3N3O4S. The second-order valence-corrected chi connectivity index (χ2v) is 6.63. The molecule has 0 fully saturated rings. The summed E-state index contributed by atoms with van der Waals surface area (Å²) in [6, 6.07) is 0. The van der Waals surface area contributed by atoms with Gasteiger partial charge >= 0.3 is 12.1 Å². The predicted octanol–water partition coefficient (Wildman–Crippen LogP) is 1.72. The van der Waals surface area contributed by atoms with E-state index in [1.807, 2.05) is 0 Å². The fourth-order valence-corrected chi connectivity index (χ4v) is 3.42. The molecule has 1 aromatic rings. The van der Waals surface area contributed by atoms with Crippen LogP contribution in [0.5, 0.6) is 0 Å². The third-order valence-electron chi connectivity index (χ3n) is 3.26. The molecule has 0 aliphatic carbocycles. The molecule has 24 heavy (non-hydrogen) atoms. The summed E-state index contributed by atoms with van der Waals surface area (Å²) in [5.41, 5.74) is -0.428. The summed E-state index contributed by atoms with van der Waals surface area (Å²) in [6.45, 7) is 5.04. The number of hydrogen-bond donors (Lipinski definition) is 3. The van der Waals surface area contributed by atoms with Gasteiger partial charge in [0.1, 0.15) is 0 Å². The zero-order valence-electron chi connectivity index (χ0n) is 13.3. The minimum absolute atomic E-state index is 0.0328. The second kappa shape index (κ2) is 6.40. The average molecular weight is 367 g/mol. The zero-order valence-corrected chi connectivity index (χ0v) is 14.1. The van der Waals surface area contributed by atoms with Gasteiger partial charge in [-0.2, -0.15) is 13.2 Å². The minimum Gasteiger partial charge on any atom is -0.326 e. The lowest BCUT2D eigenvalue weighted by Gasteiger charge is -2.22. The van der Waals surface area contributed by atoms with Crippen LogP contribution < -0.4 is 15.8 Å². The highest BCUT2D eigenvalue weighted by Crippen LogP contribution is 2.37. The van der Waals surface area contributed by atoms with Gasteiger partial charge in [0.25, 0.3) is 0 Å². The highest BCUT2D eigenvalue weighted by atomic mass is 32.2. The van der Waals surface area contributed by atoms with Crippen LogP contribution in [-0.4, -0.2) is 26.4 Å². The van der Waals surface area contributed by atoms with Crippen molar-refractivity contribution < 1.29 is 31.2 Å². The van der Waals surface area contributed by atoms with Crippen LogP contribution in [0.3, 0.4) is 0 Å². The van der Waals surface area contributed by atoms with E-state index in [1.165, 1.54) is 20.8 Å². The van der Waals surface area contributed by atoms with E-state index in [2.05, 4.69) is 5.32 Å². The van der Waals surface area contributed by atoms with Gasteiger partial charge in [-0.15, -0.1) is 0 Å². The topological polar surface area (TPSA) is 118 Å². The van der Waals surface area contributed by atoms with Crippen LogP contribution in [0, 0.1) is 20.8 Å². The van der Waals surface area contributed by atoms with E-state index in [9.17, 15) is 31.2 Å². The first-order valence-corrected chi connectivity index (χ1v) is 8.04. The maximum Gasteiger partial charge on any atom is 0.471 e. The van der Waals surface area contributed by atoms with Crippen LogP contribution in [0.4, 0.5) is 24.5 Å². The van der Waals surface area contributed by atoms with Gasteiger partial charge in [-0.05, 0) is 37.5 Å². The Kier molecular flexibility index (Phi) is 5.31. The van der Waals surface area contributed by atoms with Crippen molar-refractivity contribution in [3.8, 4) is 0 Å². The molecule has 0 radical (unpaired) electrons. The zero-order chi connectivity index (χ0) is 19.0. The molecule has 0 bridgehead atoms. The molecule has 0 aromatic heterocycles. The van der Waals surface area contributed by atoms with Crippen molar-refractivity contribution in [2.75, 3.05) is 10.6 Å². The molecule has 2 amide bonds. The average Bonchev–Trinajstić information content (AvgIpc) is 2.36. The molecule has 0 aliphatic heterocycles. The van der Waals surface area contributed by atoms with Gasteiger partial charge in [0.05, 0.1) is 10.6 Å². The minimum atomic E-state index is -5.17. The van der Waals surface area contributed by atoms with Gasteiger partial charge in [-0.1, -0.05) is 0 Å². The van der Waals surface area contributed by atoms with Gasteiger partial charge < -0.3 is 10.6 Å². The monoisotopic (exact) mass is 367 g/mol. The molecule has 0 saturated heterocycles. The number of alkyl halides is 3. The second-order valence-electron chi connectivity index (χ2n) is 5.13. The Balaban J connectivity index is 3.76. The molecule has 11 heteroatoms. The Morgan fingerprint density at radius 2 is 1.38 bits per heavy atom. The summed E-state index contributed by atoms with van der Waals surface area (Å²) < 4.78 is 61.1. The Bertz CT molecular complexity index is 817. The number of nitrogens with two attached hydrogens (primary N) is 1. The number of rotatable bonds is 3. The standard InChI is InChI=1S/C13H16F3N3O4S/c1-5-9(18-8(4)20)6(2)11(24(17,22)23)7(3)10(5)19-12(21)13(14,15)16/h1-4H3,(H,18,20)(H,19,21)(H2,17,22,23). The van der Waals surface area contributed by atoms with Crippen molar-refractivity contribution in [1.29, 1.82) is 0 Å². The lowest BCUT2D eigenvalue weighted by atomic mass is 10.0. The molecule has 7 nitrogen and oxygen atoms in total. The quantitative estimate of drug-likeness (QED) is 0.754. The highest BCUT2D eigenvalue weighted by Gasteiger charge is 2.39. The molecular weight excluding hydrogens is 351 g/mol. The van der Waals surface area contributed by atoms with Crippen molar-refractivity contribution in [2.24, 2.45) is 5.14 Å². The maximum atomic E-state index is 12.5. The van der Waals surface area contributed by atoms with Crippen LogP contribution in [0.1, 0.15) is 23.6 Å². The Morgan fingerprint density at radius 3 is 1.71 bits per heavy atom. The lowest BCUT2D eigenvalue weighted by Crippen LogP contribution is -2.31. The Morgan fingerprint density at radius 1 is 0.958 bits per heavy atom. The van der Waals surface area contributed by atoms with E-state index in [-0.39, 0.29) is 28.1 Å². The van der Waals surface area contributed by atoms with Crippen molar-refractivity contribution in [1.82, 2.24) is 0 Å². The number of benzene rings is 1. The highest BCUT2D eigenvalue weighted by molar-refractivity contribution is 7.89. The molecule has 0 heterocycles. The van der Waals surface area contributed by atoms with Gasteiger partial charge in [0.15, 0.2) is 0 Å². The smallest absolute Gasteiger partial charge is 0.326 e. The molecule has 0 spiro atoms. The Hall–Kier alpha value is -2.14. The third kappa shape index (κ3) is 4.03. The number of carbonyl (C=O) groups is 2. The van der Waals surface area contributed by atoms with E-state index < -0.39 is 32.9 Å². The first-order valence-electron chi connectivity index (χ1n) is 6.50. The molecule has 1 rings (SSSR count). The molecule has 0 unspecified atom stereocenters. The van der Waals surface area contributed by atoms with Crippen molar-refractivity contribution in [3.63, 3.8) is 0 Å². The van der Waals surface area contributed by atoms with Crippen LogP contribution in [0.25, 0.3) is 0 Å². The number of amides is 2. The van der Waals surface area contributed by atoms with E-state index in [0.717, 1.165) is 6.92 Å². The van der Waals surface area contributed by atoms with Crippen molar-refractivity contribution in [3.05, 3.63) is 16.7 Å². The Labute approximate surface area is 136 Å². The van der Waals surface area contributed by atoms with Gasteiger partial charge in [-0.25, -0.2) is 13.6 Å². The van der Waals surface area contributed by atoms with E-state index in [1.54, 1.807) is 5.32 Å². The summed E-state index contributed by atoms with van der Waals surface area (Å²) in [5, 5.41) is 9.10. The summed E-state index contributed by atoms with van der Waals surface area (Å²) in [5.74, 6) is -2.84. The molecule has 134 valence electrons. The first kappa shape index (κ1) is 19.9. The number of primary sulfonamides is 1. The third-order valence-corrected chi connectivity index (χ3v) is 4.44. The largest absolute Gasteiger partial charge is 0.471 e. The lowest BCUT2D eigenvalue weighted by molar-refractivity contribution is -0.167. The van der Waals surface area contributed by atoms with Crippen LogP contribution in [0.2, 0.25) is 0 Å². The van der Waals surface area contributed by atoms with Crippen LogP contribution in [0.15, 0.2) is 4.90 Å². The van der Waals surface area contributed by atoms with Crippen LogP contribution >= 0.6 is 0 Å². The van der Waals surface area contributed by atoms with E-state index >= 15 is 0 Å². The number of nitrogens with one attached hydrogen (secondary N) is 2. The predicted molar refractivity (Wildman–Crippen MR) is 81.0 cm³/mol. The van der Waals surface area contributed by atoms with Gasteiger partial charge in [0, 0.05) is 12.6 Å². The number of sulfonamides is 1. The van der Waals surface area contributed by atoms with E-state index in [0.29, 0.717) is 0 Å². The molecule has 0 saturated carbocycles. The SMILES string of the molecule is CC(=O)Nc1c(C)c(NC(=O)C(F)(F)F)c(C)c(S(N)(=O)=O)c1C. The number of carbonyl (C=O) groups excluding carboxylic acids is 2. The molecule has 0 aliphatic rings. The van der Waals surface area contributed by atoms with E-state index in [4.69, 9.17) is 5.14 Å². The number of halogens is 3. The van der Waals surface area contributed by atoms with Crippen molar-refractivity contribution >= 4 is 33.2 Å². The molecule has 1 aromatic carbocycles.